The molecule has 106 valence electrons. The molecule has 1 unspecified atom stereocenters. The van der Waals surface area contributed by atoms with Crippen LogP contribution in [-0.2, 0) is 23.9 Å². The van der Waals surface area contributed by atoms with Crippen LogP contribution in [0.4, 0.5) is 0 Å². The van der Waals surface area contributed by atoms with E-state index in [4.69, 9.17) is 10.2 Å². The molecule has 0 saturated carbocycles. The Bertz CT molecular complexity index is 346. The van der Waals surface area contributed by atoms with Gasteiger partial charge in [-0.2, -0.15) is 0 Å². The van der Waals surface area contributed by atoms with Crippen molar-refractivity contribution < 1.29 is 34.1 Å². The number of aliphatic hydroxyl groups excluding tert-OH is 1. The fraction of sp³-hybridized carbons (Fsp3) is 0.250. The number of carboxylic acid groups (broad SMARTS) is 1. The molecule has 7 nitrogen and oxygen atoms in total. The van der Waals surface area contributed by atoms with Crippen LogP contribution in [0.3, 0.4) is 0 Å². The number of carbonyl (C=O) groups excluding carboxylic acids is 2. The molecule has 0 radical (unpaired) electrons. The Morgan fingerprint density at radius 2 is 1.53 bits per heavy atom. The number of hydrogen-bond donors (Lipinski definition) is 2. The first-order valence-corrected chi connectivity index (χ1v) is 4.99. The molecule has 0 heterocycles. The van der Waals surface area contributed by atoms with E-state index in [9.17, 15) is 14.4 Å². The van der Waals surface area contributed by atoms with E-state index in [0.29, 0.717) is 0 Å². The fourth-order valence-corrected chi connectivity index (χ4v) is 0.570. The zero-order valence-corrected chi connectivity index (χ0v) is 10.3. The van der Waals surface area contributed by atoms with Crippen LogP contribution in [0.15, 0.2) is 38.0 Å². The van der Waals surface area contributed by atoms with E-state index in [1.54, 1.807) is 0 Å². The molecule has 0 aromatic rings. The van der Waals surface area contributed by atoms with Gasteiger partial charge in [0.15, 0.2) is 6.10 Å². The first kappa shape index (κ1) is 18.9. The van der Waals surface area contributed by atoms with Gasteiger partial charge in [-0.3, -0.25) is 0 Å². The molecule has 0 fully saturated rings. The highest BCUT2D eigenvalue weighted by atomic mass is 16.6. The number of rotatable bonds is 7. The highest BCUT2D eigenvalue weighted by molar-refractivity contribution is 5.82. The molecule has 0 bridgehead atoms. The van der Waals surface area contributed by atoms with E-state index >= 15 is 0 Å². The Morgan fingerprint density at radius 1 is 1.05 bits per heavy atom. The second-order valence-corrected chi connectivity index (χ2v) is 2.82. The fourth-order valence-electron chi connectivity index (χ4n) is 0.570. The van der Waals surface area contributed by atoms with Crippen LogP contribution in [0.2, 0.25) is 0 Å². The monoisotopic (exact) mass is 272 g/mol. The van der Waals surface area contributed by atoms with Gasteiger partial charge in [0.05, 0.1) is 6.61 Å². The van der Waals surface area contributed by atoms with Gasteiger partial charge < -0.3 is 19.7 Å². The zero-order valence-electron chi connectivity index (χ0n) is 10.3. The average molecular weight is 272 g/mol. The van der Waals surface area contributed by atoms with Gasteiger partial charge in [-0.1, -0.05) is 19.7 Å². The molecular formula is C12H16O7. The summed E-state index contributed by atoms with van der Waals surface area (Å²) in [5.41, 5.74) is 0. The van der Waals surface area contributed by atoms with Crippen molar-refractivity contribution in [3.05, 3.63) is 38.0 Å². The highest BCUT2D eigenvalue weighted by Crippen LogP contribution is 1.95. The van der Waals surface area contributed by atoms with Crippen LogP contribution in [0, 0.1) is 0 Å². The van der Waals surface area contributed by atoms with Gasteiger partial charge in [-0.05, 0) is 0 Å². The molecule has 7 heteroatoms. The second kappa shape index (κ2) is 12.1. The molecule has 0 aliphatic rings. The molecule has 1 atom stereocenters. The van der Waals surface area contributed by atoms with Crippen molar-refractivity contribution >= 4 is 17.9 Å². The summed E-state index contributed by atoms with van der Waals surface area (Å²) >= 11 is 0. The number of aliphatic hydroxyl groups is 1. The normalized spacial score (nSPS) is 9.95. The standard InChI is InChI=1S/C9H12O5.C3H4O2/c1-3-8(11)13-6-7(5-10)14-9(12)4-2;1-2-3(4)5/h3-4,7,10H,1-2,5-6H2;2H,1H2,(H,4,5). The Hall–Kier alpha value is -2.41. The summed E-state index contributed by atoms with van der Waals surface area (Å²) in [6, 6.07) is 0. The van der Waals surface area contributed by atoms with Crippen molar-refractivity contribution in [1.82, 2.24) is 0 Å². The van der Waals surface area contributed by atoms with Gasteiger partial charge in [0, 0.05) is 18.2 Å². The molecule has 0 aromatic carbocycles. The van der Waals surface area contributed by atoms with E-state index in [0.717, 1.165) is 18.2 Å². The molecule has 0 saturated heterocycles. The molecule has 19 heavy (non-hydrogen) atoms. The number of hydrogen-bond acceptors (Lipinski definition) is 6. The van der Waals surface area contributed by atoms with Crippen LogP contribution in [-0.4, -0.2) is 47.4 Å². The number of esters is 2. The Morgan fingerprint density at radius 3 is 1.84 bits per heavy atom. The summed E-state index contributed by atoms with van der Waals surface area (Å²) < 4.78 is 9.19. The predicted molar refractivity (Wildman–Crippen MR) is 66.2 cm³/mol. The maximum atomic E-state index is 10.7. The second-order valence-electron chi connectivity index (χ2n) is 2.82. The van der Waals surface area contributed by atoms with Crippen LogP contribution in [0.1, 0.15) is 0 Å². The minimum atomic E-state index is -0.981. The van der Waals surface area contributed by atoms with E-state index in [1.807, 2.05) is 0 Å². The summed E-state index contributed by atoms with van der Waals surface area (Å²) in [6.45, 7) is 8.69. The lowest BCUT2D eigenvalue weighted by Gasteiger charge is -2.13. The van der Waals surface area contributed by atoms with Gasteiger partial charge in [-0.15, -0.1) is 0 Å². The lowest BCUT2D eigenvalue weighted by molar-refractivity contribution is -0.154. The highest BCUT2D eigenvalue weighted by Gasteiger charge is 2.13. The minimum Gasteiger partial charge on any atom is -0.478 e. The van der Waals surface area contributed by atoms with Crippen LogP contribution in [0.25, 0.3) is 0 Å². The lowest BCUT2D eigenvalue weighted by Crippen LogP contribution is -2.27. The quantitative estimate of drug-likeness (QED) is 0.498. The Kier molecular flexibility index (Phi) is 12.0. The predicted octanol–water partition coefficient (Wildman–Crippen LogP) is 0.0627. The molecule has 2 N–H and O–H groups in total. The maximum Gasteiger partial charge on any atom is 0.330 e. The van der Waals surface area contributed by atoms with E-state index in [-0.39, 0.29) is 6.61 Å². The molecule has 0 rings (SSSR count). The first-order chi connectivity index (χ1) is 8.90. The Labute approximate surface area is 110 Å². The number of aliphatic carboxylic acids is 1. The summed E-state index contributed by atoms with van der Waals surface area (Å²) in [5.74, 6) is -2.30. The van der Waals surface area contributed by atoms with Crippen LogP contribution < -0.4 is 0 Å². The van der Waals surface area contributed by atoms with E-state index in [1.165, 1.54) is 0 Å². The summed E-state index contributed by atoms with van der Waals surface area (Å²) in [6.07, 6.45) is 1.89. The lowest BCUT2D eigenvalue weighted by atomic mass is 10.4. The molecule has 0 aromatic heterocycles. The van der Waals surface area contributed by atoms with E-state index in [2.05, 4.69) is 29.2 Å². The molecule has 0 amide bonds. The van der Waals surface area contributed by atoms with Crippen molar-refractivity contribution in [1.29, 1.82) is 0 Å². The third-order valence-electron chi connectivity index (χ3n) is 1.41. The van der Waals surface area contributed by atoms with Gasteiger partial charge in [0.1, 0.15) is 6.61 Å². The third-order valence-corrected chi connectivity index (χ3v) is 1.41. The van der Waals surface area contributed by atoms with Crippen molar-refractivity contribution in [3.8, 4) is 0 Å². The summed E-state index contributed by atoms with van der Waals surface area (Å²) in [4.78, 5) is 30.5. The summed E-state index contributed by atoms with van der Waals surface area (Å²) in [7, 11) is 0. The van der Waals surface area contributed by atoms with E-state index < -0.39 is 30.6 Å². The Balaban J connectivity index is 0. The largest absolute Gasteiger partial charge is 0.478 e. The number of carbonyl (C=O) groups is 3. The number of carboxylic acids is 1. The first-order valence-electron chi connectivity index (χ1n) is 4.99. The SMILES string of the molecule is C=CC(=O)O.C=CC(=O)OCC(CO)OC(=O)C=C. The van der Waals surface area contributed by atoms with Crippen molar-refractivity contribution in [2.75, 3.05) is 13.2 Å². The molecule has 0 spiro atoms. The minimum absolute atomic E-state index is 0.207. The van der Waals surface area contributed by atoms with Gasteiger partial charge in [0.25, 0.3) is 0 Å². The van der Waals surface area contributed by atoms with Crippen molar-refractivity contribution in [2.45, 2.75) is 6.10 Å². The van der Waals surface area contributed by atoms with Crippen molar-refractivity contribution in [2.24, 2.45) is 0 Å². The average Bonchev–Trinajstić information content (AvgIpc) is 2.42. The third kappa shape index (κ3) is 13.5. The van der Waals surface area contributed by atoms with Gasteiger partial charge in [0.2, 0.25) is 0 Å². The van der Waals surface area contributed by atoms with Crippen molar-refractivity contribution in [3.63, 3.8) is 0 Å². The smallest absolute Gasteiger partial charge is 0.330 e. The summed E-state index contributed by atoms with van der Waals surface area (Å²) in [5, 5.41) is 16.3. The maximum absolute atomic E-state index is 10.7. The molecular weight excluding hydrogens is 256 g/mol. The topological polar surface area (TPSA) is 110 Å². The zero-order chi connectivity index (χ0) is 15.3. The van der Waals surface area contributed by atoms with Gasteiger partial charge >= 0.3 is 17.9 Å². The number of ether oxygens (including phenoxy) is 2. The van der Waals surface area contributed by atoms with Crippen LogP contribution in [0.5, 0.6) is 0 Å². The molecule has 0 aliphatic carbocycles. The van der Waals surface area contributed by atoms with Crippen LogP contribution >= 0.6 is 0 Å². The molecule has 0 aliphatic heterocycles. The van der Waals surface area contributed by atoms with Gasteiger partial charge in [-0.25, -0.2) is 14.4 Å².